The lowest BCUT2D eigenvalue weighted by molar-refractivity contribution is 0.317. The van der Waals surface area contributed by atoms with Crippen molar-refractivity contribution < 1.29 is 5.11 Å². The molecule has 1 atom stereocenters. The van der Waals surface area contributed by atoms with Gasteiger partial charge >= 0.3 is 0 Å². The third-order valence-corrected chi connectivity index (χ3v) is 3.71. The third-order valence-electron chi connectivity index (χ3n) is 2.37. The molecule has 1 aromatic rings. The number of rotatable bonds is 1. The van der Waals surface area contributed by atoms with Gasteiger partial charge in [-0.25, -0.2) is 0 Å². The van der Waals surface area contributed by atoms with Crippen LogP contribution in [-0.4, -0.2) is 5.11 Å². The first-order valence-electron chi connectivity index (χ1n) is 4.67. The zero-order chi connectivity index (χ0) is 11.8. The van der Waals surface area contributed by atoms with E-state index in [1.165, 1.54) is 0 Å². The fourth-order valence-electron chi connectivity index (χ4n) is 1.27. The van der Waals surface area contributed by atoms with Crippen molar-refractivity contribution >= 4 is 27.5 Å². The summed E-state index contributed by atoms with van der Waals surface area (Å²) in [6, 6.07) is 3.26. The van der Waals surface area contributed by atoms with Crippen LogP contribution in [0, 0.1) is 5.41 Å². The summed E-state index contributed by atoms with van der Waals surface area (Å²) in [6.07, 6.45) is 0. The Morgan fingerprint density at radius 1 is 1.40 bits per heavy atom. The predicted molar refractivity (Wildman–Crippen MR) is 67.2 cm³/mol. The molecule has 0 fully saturated rings. The maximum atomic E-state index is 9.90. The summed E-state index contributed by atoms with van der Waals surface area (Å²) in [6.45, 7) is 6.08. The average Bonchev–Trinajstić information content (AvgIpc) is 2.12. The summed E-state index contributed by atoms with van der Waals surface area (Å²) in [4.78, 5) is 0. The number of benzene rings is 1. The van der Waals surface area contributed by atoms with Crippen LogP contribution in [0.25, 0.3) is 0 Å². The Morgan fingerprint density at radius 2 is 1.93 bits per heavy atom. The molecule has 0 saturated carbocycles. The van der Waals surface area contributed by atoms with Crippen molar-refractivity contribution in [2.45, 2.75) is 26.8 Å². The van der Waals surface area contributed by atoms with Gasteiger partial charge in [0.2, 0.25) is 0 Å². The monoisotopic (exact) mass is 291 g/mol. The number of hydrogen-bond acceptors (Lipinski definition) is 2. The zero-order valence-electron chi connectivity index (χ0n) is 9.01. The van der Waals surface area contributed by atoms with E-state index in [0.717, 1.165) is 0 Å². The fourth-order valence-corrected chi connectivity index (χ4v) is 1.79. The van der Waals surface area contributed by atoms with E-state index in [1.54, 1.807) is 12.1 Å². The zero-order valence-corrected chi connectivity index (χ0v) is 11.4. The summed E-state index contributed by atoms with van der Waals surface area (Å²) in [7, 11) is 0. The molecule has 0 radical (unpaired) electrons. The molecule has 0 unspecified atom stereocenters. The van der Waals surface area contributed by atoms with Crippen LogP contribution in [0.3, 0.4) is 0 Å². The number of halogens is 2. The lowest BCUT2D eigenvalue weighted by Crippen LogP contribution is -2.26. The first kappa shape index (κ1) is 12.8. The van der Waals surface area contributed by atoms with E-state index >= 15 is 0 Å². The number of phenolic OH excluding ortho intramolecular Hbond substituents is 1. The molecule has 84 valence electrons. The van der Waals surface area contributed by atoms with Crippen LogP contribution in [0.15, 0.2) is 16.6 Å². The fraction of sp³-hybridized carbons (Fsp3) is 0.455. The van der Waals surface area contributed by atoms with E-state index in [0.29, 0.717) is 15.1 Å². The Bertz CT molecular complexity index is 374. The van der Waals surface area contributed by atoms with Crippen molar-refractivity contribution in [3.8, 4) is 5.75 Å². The van der Waals surface area contributed by atoms with Crippen LogP contribution in [0.1, 0.15) is 32.4 Å². The lowest BCUT2D eigenvalue weighted by Gasteiger charge is -2.28. The molecular weight excluding hydrogens is 277 g/mol. The number of phenols is 1. The highest BCUT2D eigenvalue weighted by Crippen LogP contribution is 2.41. The Kier molecular flexibility index (Phi) is 3.69. The minimum Gasteiger partial charge on any atom is -0.506 e. The van der Waals surface area contributed by atoms with Crippen LogP contribution in [0.2, 0.25) is 5.02 Å². The third kappa shape index (κ3) is 2.65. The van der Waals surface area contributed by atoms with Gasteiger partial charge in [-0.1, -0.05) is 38.4 Å². The van der Waals surface area contributed by atoms with Gasteiger partial charge < -0.3 is 10.8 Å². The van der Waals surface area contributed by atoms with Crippen molar-refractivity contribution in [2.75, 3.05) is 0 Å². The Morgan fingerprint density at radius 3 is 2.40 bits per heavy atom. The van der Waals surface area contributed by atoms with Gasteiger partial charge in [-0.3, -0.25) is 0 Å². The maximum Gasteiger partial charge on any atom is 0.136 e. The lowest BCUT2D eigenvalue weighted by atomic mass is 9.83. The molecule has 0 amide bonds. The Balaban J connectivity index is 3.23. The molecule has 0 aromatic heterocycles. The summed E-state index contributed by atoms with van der Waals surface area (Å²) >= 11 is 9.08. The second-order valence-electron chi connectivity index (χ2n) is 4.64. The van der Waals surface area contributed by atoms with Crippen molar-refractivity contribution in [3.63, 3.8) is 0 Å². The van der Waals surface area contributed by atoms with Crippen LogP contribution in [-0.2, 0) is 0 Å². The second kappa shape index (κ2) is 4.32. The maximum absolute atomic E-state index is 9.90. The van der Waals surface area contributed by atoms with Gasteiger partial charge in [-0.15, -0.1) is 0 Å². The summed E-state index contributed by atoms with van der Waals surface area (Å²) < 4.78 is 0.501. The molecule has 3 N–H and O–H groups in total. The van der Waals surface area contributed by atoms with Crippen LogP contribution < -0.4 is 5.73 Å². The second-order valence-corrected chi connectivity index (χ2v) is 5.84. The Labute approximate surface area is 104 Å². The van der Waals surface area contributed by atoms with Crippen LogP contribution >= 0.6 is 27.5 Å². The smallest absolute Gasteiger partial charge is 0.136 e. The molecule has 0 aliphatic carbocycles. The average molecular weight is 293 g/mol. The molecule has 0 spiro atoms. The first-order chi connectivity index (χ1) is 6.75. The highest BCUT2D eigenvalue weighted by atomic mass is 79.9. The van der Waals surface area contributed by atoms with E-state index in [4.69, 9.17) is 17.3 Å². The number of aromatic hydroxyl groups is 1. The van der Waals surface area contributed by atoms with E-state index in [-0.39, 0.29) is 17.2 Å². The van der Waals surface area contributed by atoms with Crippen molar-refractivity contribution in [1.82, 2.24) is 0 Å². The molecule has 0 heterocycles. The molecule has 0 aliphatic heterocycles. The van der Waals surface area contributed by atoms with Gasteiger partial charge in [0.1, 0.15) is 5.75 Å². The minimum atomic E-state index is -0.230. The van der Waals surface area contributed by atoms with Gasteiger partial charge in [0.05, 0.1) is 9.50 Å². The van der Waals surface area contributed by atoms with E-state index in [9.17, 15) is 5.11 Å². The largest absolute Gasteiger partial charge is 0.506 e. The molecule has 0 saturated heterocycles. The van der Waals surface area contributed by atoms with Gasteiger partial charge in [0, 0.05) is 11.6 Å². The molecule has 0 aliphatic rings. The summed E-state index contributed by atoms with van der Waals surface area (Å²) in [5.74, 6) is 0.130. The summed E-state index contributed by atoms with van der Waals surface area (Å²) in [5, 5.41) is 10.4. The van der Waals surface area contributed by atoms with E-state index < -0.39 is 0 Å². The van der Waals surface area contributed by atoms with Crippen LogP contribution in [0.5, 0.6) is 5.75 Å². The first-order valence-corrected chi connectivity index (χ1v) is 5.84. The summed E-state index contributed by atoms with van der Waals surface area (Å²) in [5.41, 5.74) is 6.67. The molecule has 2 nitrogen and oxygen atoms in total. The van der Waals surface area contributed by atoms with Crippen molar-refractivity contribution in [1.29, 1.82) is 0 Å². The Hall–Kier alpha value is -0.250. The highest BCUT2D eigenvalue weighted by molar-refractivity contribution is 9.10. The van der Waals surface area contributed by atoms with Gasteiger partial charge in [-0.2, -0.15) is 0 Å². The highest BCUT2D eigenvalue weighted by Gasteiger charge is 2.25. The van der Waals surface area contributed by atoms with Gasteiger partial charge in [0.15, 0.2) is 0 Å². The molecule has 1 rings (SSSR count). The molecule has 1 aromatic carbocycles. The van der Waals surface area contributed by atoms with Gasteiger partial charge in [-0.05, 0) is 27.4 Å². The normalized spacial score (nSPS) is 14.0. The standard InChI is InChI=1S/C11H15BrClNO/c1-11(2,3)10(14)6-4-5-7(13)8(12)9(6)15/h4-5,10,15H,14H2,1-3H3/t10-/m0/s1. The van der Waals surface area contributed by atoms with E-state index in [2.05, 4.69) is 15.9 Å². The van der Waals surface area contributed by atoms with Gasteiger partial charge in [0.25, 0.3) is 0 Å². The van der Waals surface area contributed by atoms with Crippen molar-refractivity contribution in [3.05, 3.63) is 27.2 Å². The van der Waals surface area contributed by atoms with E-state index in [1.807, 2.05) is 20.8 Å². The molecule has 0 bridgehead atoms. The quantitative estimate of drug-likeness (QED) is 0.826. The topological polar surface area (TPSA) is 46.2 Å². The van der Waals surface area contributed by atoms with Crippen molar-refractivity contribution in [2.24, 2.45) is 11.1 Å². The predicted octanol–water partition coefficient (Wildman–Crippen LogP) is 3.85. The SMILES string of the molecule is CC(C)(C)[C@@H](N)c1ccc(Cl)c(Br)c1O. The number of nitrogens with two attached hydrogens (primary N) is 1. The number of hydrogen-bond donors (Lipinski definition) is 2. The molecule has 4 heteroatoms. The minimum absolute atomic E-state index is 0.106. The molecule has 15 heavy (non-hydrogen) atoms. The van der Waals surface area contributed by atoms with Crippen LogP contribution in [0.4, 0.5) is 0 Å². The molecular formula is C11H15BrClNO.